The van der Waals surface area contributed by atoms with Crippen LogP contribution >= 0.6 is 0 Å². The van der Waals surface area contributed by atoms with Crippen LogP contribution in [0.3, 0.4) is 0 Å². The maximum Gasteiger partial charge on any atom is 0.326 e. The number of H-pyrrole nitrogens is 1. The summed E-state index contributed by atoms with van der Waals surface area (Å²) in [5.74, 6) is -5.56. The number of para-hydroxylation sites is 1. The van der Waals surface area contributed by atoms with E-state index in [1.165, 1.54) is 0 Å². The molecule has 0 aliphatic rings. The zero-order chi connectivity index (χ0) is 31.4. The number of nitrogens with one attached hydrogen (secondary N) is 4. The minimum absolute atomic E-state index is 0.0491. The number of benzene rings is 1. The Bertz CT molecular complexity index is 1290. The zero-order valence-electron chi connectivity index (χ0n) is 23.6. The van der Waals surface area contributed by atoms with Crippen LogP contribution in [-0.4, -0.2) is 81.5 Å². The normalized spacial score (nSPS) is 14.5. The summed E-state index contributed by atoms with van der Waals surface area (Å²) in [6, 6.07) is 2.23. The van der Waals surface area contributed by atoms with Crippen molar-refractivity contribution in [3.63, 3.8) is 0 Å². The number of hydrogen-bond donors (Lipinski definition) is 9. The molecule has 3 amide bonds. The largest absolute Gasteiger partial charge is 0.481 e. The molecule has 1 aromatic heterocycles. The molecule has 42 heavy (non-hydrogen) atoms. The number of carboxylic acids is 2. The summed E-state index contributed by atoms with van der Waals surface area (Å²) < 4.78 is 0. The van der Waals surface area contributed by atoms with E-state index < -0.39 is 60.2 Å². The van der Waals surface area contributed by atoms with E-state index in [1.807, 2.05) is 25.1 Å². The van der Waals surface area contributed by atoms with Gasteiger partial charge in [0, 0.05) is 30.1 Å². The molecule has 0 aliphatic heterocycles. The third-order valence-corrected chi connectivity index (χ3v) is 6.82. The van der Waals surface area contributed by atoms with Gasteiger partial charge in [0.15, 0.2) is 5.96 Å². The van der Waals surface area contributed by atoms with Crippen LogP contribution in [0, 0.1) is 5.92 Å². The van der Waals surface area contributed by atoms with Gasteiger partial charge in [0.05, 0.1) is 12.5 Å². The summed E-state index contributed by atoms with van der Waals surface area (Å²) in [5.41, 5.74) is 18.0. The Balaban J connectivity index is 2.28. The van der Waals surface area contributed by atoms with Crippen molar-refractivity contribution < 1.29 is 34.2 Å². The number of carbonyl (C=O) groups is 5. The highest BCUT2D eigenvalue weighted by atomic mass is 16.4. The van der Waals surface area contributed by atoms with Crippen molar-refractivity contribution in [2.75, 3.05) is 6.54 Å². The second kappa shape index (κ2) is 16.0. The SMILES string of the molecule is CCC(C)C(NC(=O)C(N)CCCN=C(N)N)C(=O)NC(Cc1c[nH]c2ccccc12)C(=O)NC(CC(=O)O)C(=O)O. The van der Waals surface area contributed by atoms with E-state index in [-0.39, 0.29) is 31.3 Å². The van der Waals surface area contributed by atoms with E-state index in [0.717, 1.165) is 10.9 Å². The molecule has 0 bridgehead atoms. The first-order valence-electron chi connectivity index (χ1n) is 13.6. The van der Waals surface area contributed by atoms with Crippen molar-refractivity contribution in [2.24, 2.45) is 28.1 Å². The molecule has 2 rings (SSSR count). The summed E-state index contributed by atoms with van der Waals surface area (Å²) in [6.45, 7) is 3.85. The van der Waals surface area contributed by atoms with Gasteiger partial charge >= 0.3 is 11.9 Å². The molecule has 0 saturated heterocycles. The lowest BCUT2D eigenvalue weighted by atomic mass is 9.96. The van der Waals surface area contributed by atoms with Crippen LogP contribution in [0.1, 0.15) is 45.1 Å². The lowest BCUT2D eigenvalue weighted by molar-refractivity contribution is -0.147. The van der Waals surface area contributed by atoms with E-state index in [9.17, 15) is 29.1 Å². The molecular formula is C27H40N8O7. The molecule has 5 unspecified atom stereocenters. The minimum atomic E-state index is -1.72. The van der Waals surface area contributed by atoms with Crippen molar-refractivity contribution in [3.05, 3.63) is 36.0 Å². The Morgan fingerprint density at radius 1 is 0.976 bits per heavy atom. The first kappa shape index (κ1) is 33.5. The van der Waals surface area contributed by atoms with Gasteiger partial charge in [0.25, 0.3) is 0 Å². The number of carboxylic acid groups (broad SMARTS) is 2. The van der Waals surface area contributed by atoms with Gasteiger partial charge in [-0.3, -0.25) is 24.2 Å². The number of guanidine groups is 1. The lowest BCUT2D eigenvalue weighted by Gasteiger charge is -2.28. The number of nitrogens with zero attached hydrogens (tertiary/aromatic N) is 1. The highest BCUT2D eigenvalue weighted by Gasteiger charge is 2.33. The molecule has 230 valence electrons. The van der Waals surface area contributed by atoms with Gasteiger partial charge < -0.3 is 48.3 Å². The monoisotopic (exact) mass is 588 g/mol. The maximum atomic E-state index is 13.5. The molecule has 5 atom stereocenters. The molecule has 2 aromatic rings. The maximum absolute atomic E-state index is 13.5. The van der Waals surface area contributed by atoms with Crippen molar-refractivity contribution in [1.29, 1.82) is 0 Å². The Morgan fingerprint density at radius 2 is 1.64 bits per heavy atom. The van der Waals surface area contributed by atoms with Crippen LogP contribution < -0.4 is 33.2 Å². The summed E-state index contributed by atoms with van der Waals surface area (Å²) >= 11 is 0. The third kappa shape index (κ3) is 10.1. The molecule has 15 heteroatoms. The van der Waals surface area contributed by atoms with Gasteiger partial charge in [-0.2, -0.15) is 0 Å². The van der Waals surface area contributed by atoms with Crippen molar-refractivity contribution >= 4 is 46.5 Å². The first-order valence-corrected chi connectivity index (χ1v) is 13.6. The van der Waals surface area contributed by atoms with E-state index >= 15 is 0 Å². The van der Waals surface area contributed by atoms with Gasteiger partial charge in [-0.05, 0) is 30.4 Å². The van der Waals surface area contributed by atoms with Crippen LogP contribution in [0.2, 0.25) is 0 Å². The Kier molecular flexibility index (Phi) is 12.7. The van der Waals surface area contributed by atoms with Crippen LogP contribution in [0.4, 0.5) is 0 Å². The average molecular weight is 589 g/mol. The standard InChI is InChI=1S/C27H40N8O7/c1-3-14(2)22(35-23(38)17(28)8-6-10-31-27(29)30)25(40)33-19(24(39)34-20(26(41)42)12-21(36)37)11-15-13-32-18-9-5-4-7-16(15)18/h4-5,7,9,13-14,17,19-20,22,32H,3,6,8,10-12,28H2,1-2H3,(H,33,40)(H,34,39)(H,35,38)(H,36,37)(H,41,42)(H4,29,30,31). The molecule has 0 aliphatic carbocycles. The van der Waals surface area contributed by atoms with E-state index in [1.54, 1.807) is 19.2 Å². The fourth-order valence-electron chi connectivity index (χ4n) is 4.25. The molecule has 0 saturated carbocycles. The van der Waals surface area contributed by atoms with Crippen LogP contribution in [0.5, 0.6) is 0 Å². The third-order valence-electron chi connectivity index (χ3n) is 6.82. The highest BCUT2D eigenvalue weighted by Crippen LogP contribution is 2.20. The smallest absolute Gasteiger partial charge is 0.326 e. The molecule has 15 nitrogen and oxygen atoms in total. The fraction of sp³-hybridized carbons (Fsp3) is 0.481. The number of aromatic nitrogens is 1. The molecule has 0 radical (unpaired) electrons. The fourth-order valence-corrected chi connectivity index (χ4v) is 4.25. The Hall–Kier alpha value is -4.66. The second-order valence-electron chi connectivity index (χ2n) is 10.0. The van der Waals surface area contributed by atoms with Gasteiger partial charge in [0.2, 0.25) is 17.7 Å². The predicted molar refractivity (Wildman–Crippen MR) is 155 cm³/mol. The number of aromatic amines is 1. The minimum Gasteiger partial charge on any atom is -0.481 e. The number of aliphatic imine (C=N–C) groups is 1. The van der Waals surface area contributed by atoms with Gasteiger partial charge in [0.1, 0.15) is 18.1 Å². The molecule has 0 fully saturated rings. The Labute approximate surface area is 242 Å². The van der Waals surface area contributed by atoms with E-state index in [4.69, 9.17) is 22.3 Å². The van der Waals surface area contributed by atoms with E-state index in [2.05, 4.69) is 25.9 Å². The summed E-state index contributed by atoms with van der Waals surface area (Å²) in [6.07, 6.45) is 1.94. The second-order valence-corrected chi connectivity index (χ2v) is 10.0. The van der Waals surface area contributed by atoms with Crippen molar-refractivity contribution in [1.82, 2.24) is 20.9 Å². The number of nitrogens with two attached hydrogens (primary N) is 3. The van der Waals surface area contributed by atoms with Crippen LogP contribution in [0.15, 0.2) is 35.5 Å². The highest BCUT2D eigenvalue weighted by molar-refractivity contribution is 5.95. The molecule has 12 N–H and O–H groups in total. The molecule has 1 aromatic carbocycles. The average Bonchev–Trinajstić information content (AvgIpc) is 3.34. The lowest BCUT2D eigenvalue weighted by Crippen LogP contribution is -2.59. The van der Waals surface area contributed by atoms with Crippen LogP contribution in [0.25, 0.3) is 10.9 Å². The number of fused-ring (bicyclic) bond motifs is 1. The van der Waals surface area contributed by atoms with E-state index in [0.29, 0.717) is 18.4 Å². The number of rotatable bonds is 17. The quantitative estimate of drug-likeness (QED) is 0.0627. The van der Waals surface area contributed by atoms with Gasteiger partial charge in [-0.25, -0.2) is 4.79 Å². The topological polar surface area (TPSA) is 268 Å². The van der Waals surface area contributed by atoms with Gasteiger partial charge in [-0.15, -0.1) is 0 Å². The summed E-state index contributed by atoms with van der Waals surface area (Å²) in [5, 5.41) is 26.8. The number of amides is 3. The Morgan fingerprint density at radius 3 is 2.26 bits per heavy atom. The molecular weight excluding hydrogens is 548 g/mol. The van der Waals surface area contributed by atoms with Crippen molar-refractivity contribution in [3.8, 4) is 0 Å². The number of aliphatic carboxylic acids is 2. The van der Waals surface area contributed by atoms with Crippen molar-refractivity contribution in [2.45, 2.75) is 70.1 Å². The predicted octanol–water partition coefficient (Wildman–Crippen LogP) is -0.849. The number of carbonyl (C=O) groups excluding carboxylic acids is 3. The van der Waals surface area contributed by atoms with Gasteiger partial charge in [-0.1, -0.05) is 38.5 Å². The summed E-state index contributed by atoms with van der Waals surface area (Å²) in [7, 11) is 0. The zero-order valence-corrected chi connectivity index (χ0v) is 23.6. The van der Waals surface area contributed by atoms with Crippen LogP contribution in [-0.2, 0) is 30.4 Å². The number of hydrogen-bond acceptors (Lipinski definition) is 7. The first-order chi connectivity index (χ1) is 19.8. The molecule has 1 heterocycles. The summed E-state index contributed by atoms with van der Waals surface area (Å²) in [4.78, 5) is 69.4. The molecule has 0 spiro atoms.